The van der Waals surface area contributed by atoms with E-state index in [9.17, 15) is 0 Å². The Kier molecular flexibility index (Phi) is 5.82. The molecule has 0 saturated heterocycles. The van der Waals surface area contributed by atoms with E-state index in [4.69, 9.17) is 14.4 Å². The normalized spacial score (nSPS) is 11.6. The molecule has 6 aromatic carbocycles. The monoisotopic (exact) mass is 574 g/mol. The van der Waals surface area contributed by atoms with Crippen molar-refractivity contribution in [3.05, 3.63) is 158 Å². The first-order chi connectivity index (χ1) is 22.3. The molecule has 0 radical (unpaired) electrons. The van der Waals surface area contributed by atoms with Gasteiger partial charge < -0.3 is 4.42 Å². The predicted octanol–water partition coefficient (Wildman–Crippen LogP) is 11.4. The lowest BCUT2D eigenvalue weighted by atomic mass is 9.91. The molecule has 9 aromatic rings. The standard InChI is InChI=1S/C42H26N2O/c1-4-11-27(12-5-1)30-19-20-38-37(23-30)40-33(17-10-18-39(40)45-38)32-21-22-43-41-36(32)25-34(29-15-8-3-9-16-29)35-24-31(26-44-42(35)41)28-13-6-2-7-14-28/h1-26H. The van der Waals surface area contributed by atoms with Crippen molar-refractivity contribution < 1.29 is 4.42 Å². The summed E-state index contributed by atoms with van der Waals surface area (Å²) >= 11 is 0. The predicted molar refractivity (Wildman–Crippen MR) is 186 cm³/mol. The lowest BCUT2D eigenvalue weighted by Crippen LogP contribution is -1.93. The average molecular weight is 575 g/mol. The molecule has 210 valence electrons. The maximum absolute atomic E-state index is 6.41. The number of aromatic nitrogens is 2. The summed E-state index contributed by atoms with van der Waals surface area (Å²) in [6.07, 6.45) is 3.87. The highest BCUT2D eigenvalue weighted by Gasteiger charge is 2.19. The van der Waals surface area contributed by atoms with Crippen molar-refractivity contribution >= 4 is 43.7 Å². The minimum Gasteiger partial charge on any atom is -0.456 e. The molecule has 0 aliphatic carbocycles. The molecular weight excluding hydrogens is 548 g/mol. The summed E-state index contributed by atoms with van der Waals surface area (Å²) in [7, 11) is 0. The van der Waals surface area contributed by atoms with E-state index in [0.717, 1.165) is 82.7 Å². The minimum absolute atomic E-state index is 0.868. The lowest BCUT2D eigenvalue weighted by molar-refractivity contribution is 0.669. The van der Waals surface area contributed by atoms with Crippen LogP contribution >= 0.6 is 0 Å². The molecule has 0 spiro atoms. The molecule has 0 atom stereocenters. The van der Waals surface area contributed by atoms with Crippen molar-refractivity contribution in [2.75, 3.05) is 0 Å². The largest absolute Gasteiger partial charge is 0.456 e. The topological polar surface area (TPSA) is 38.9 Å². The van der Waals surface area contributed by atoms with Crippen LogP contribution in [0.25, 0.3) is 88.3 Å². The summed E-state index contributed by atoms with van der Waals surface area (Å²) in [6, 6.07) is 51.0. The Labute approximate surface area is 260 Å². The Bertz CT molecular complexity index is 2520. The highest BCUT2D eigenvalue weighted by atomic mass is 16.3. The number of benzene rings is 6. The molecule has 0 aliphatic rings. The van der Waals surface area contributed by atoms with E-state index in [0.29, 0.717) is 0 Å². The summed E-state index contributed by atoms with van der Waals surface area (Å²) in [5.74, 6) is 0. The molecule has 3 aromatic heterocycles. The minimum atomic E-state index is 0.868. The number of nitrogens with zero attached hydrogens (tertiary/aromatic N) is 2. The molecular formula is C42H26N2O. The zero-order valence-corrected chi connectivity index (χ0v) is 24.3. The third-order valence-corrected chi connectivity index (χ3v) is 8.77. The molecule has 0 bridgehead atoms. The van der Waals surface area contributed by atoms with Crippen molar-refractivity contribution in [3.8, 4) is 44.5 Å². The number of furan rings is 1. The number of pyridine rings is 2. The van der Waals surface area contributed by atoms with Gasteiger partial charge in [0, 0.05) is 39.5 Å². The van der Waals surface area contributed by atoms with Crippen LogP contribution in [0.3, 0.4) is 0 Å². The molecule has 0 unspecified atom stereocenters. The van der Waals surface area contributed by atoms with Crippen molar-refractivity contribution in [2.45, 2.75) is 0 Å². The molecule has 0 aliphatic heterocycles. The van der Waals surface area contributed by atoms with Crippen LogP contribution in [0.2, 0.25) is 0 Å². The molecule has 9 rings (SSSR count). The van der Waals surface area contributed by atoms with Gasteiger partial charge in [-0.3, -0.25) is 9.97 Å². The maximum Gasteiger partial charge on any atom is 0.136 e. The Balaban J connectivity index is 1.34. The van der Waals surface area contributed by atoms with Crippen LogP contribution in [-0.4, -0.2) is 9.97 Å². The third kappa shape index (κ3) is 4.21. The van der Waals surface area contributed by atoms with Gasteiger partial charge in [-0.25, -0.2) is 0 Å². The summed E-state index contributed by atoms with van der Waals surface area (Å²) in [6.45, 7) is 0. The van der Waals surface area contributed by atoms with Crippen molar-refractivity contribution in [1.82, 2.24) is 9.97 Å². The van der Waals surface area contributed by atoms with Gasteiger partial charge in [-0.15, -0.1) is 0 Å². The van der Waals surface area contributed by atoms with Gasteiger partial charge in [0.1, 0.15) is 11.2 Å². The van der Waals surface area contributed by atoms with Crippen LogP contribution < -0.4 is 0 Å². The first kappa shape index (κ1) is 25.4. The van der Waals surface area contributed by atoms with Gasteiger partial charge in [-0.1, -0.05) is 109 Å². The van der Waals surface area contributed by atoms with Gasteiger partial charge >= 0.3 is 0 Å². The van der Waals surface area contributed by atoms with E-state index in [1.165, 1.54) is 5.56 Å². The van der Waals surface area contributed by atoms with Gasteiger partial charge in [-0.05, 0) is 75.3 Å². The van der Waals surface area contributed by atoms with Crippen LogP contribution in [0, 0.1) is 0 Å². The maximum atomic E-state index is 6.41. The SMILES string of the molecule is c1ccc(-c2cnc3c(c2)c(-c2ccccc2)cc2c(-c4cccc5oc6ccc(-c7ccccc7)cc6c45)ccnc23)cc1. The Morgan fingerprint density at radius 3 is 1.78 bits per heavy atom. The zero-order chi connectivity index (χ0) is 29.7. The molecule has 0 saturated carbocycles. The number of hydrogen-bond acceptors (Lipinski definition) is 3. The molecule has 3 heteroatoms. The van der Waals surface area contributed by atoms with E-state index in [-0.39, 0.29) is 0 Å². The number of hydrogen-bond donors (Lipinski definition) is 0. The van der Waals surface area contributed by atoms with Crippen molar-refractivity contribution in [3.63, 3.8) is 0 Å². The zero-order valence-electron chi connectivity index (χ0n) is 24.3. The van der Waals surface area contributed by atoms with Crippen molar-refractivity contribution in [2.24, 2.45) is 0 Å². The van der Waals surface area contributed by atoms with Gasteiger partial charge in [-0.2, -0.15) is 0 Å². The summed E-state index contributed by atoms with van der Waals surface area (Å²) in [5.41, 5.74) is 12.6. The van der Waals surface area contributed by atoms with Crippen LogP contribution in [-0.2, 0) is 0 Å². The Hall–Kier alpha value is -6.06. The lowest BCUT2D eigenvalue weighted by Gasteiger charge is -2.14. The molecule has 45 heavy (non-hydrogen) atoms. The summed E-state index contributed by atoms with van der Waals surface area (Å²) in [5, 5.41) is 4.34. The summed E-state index contributed by atoms with van der Waals surface area (Å²) in [4.78, 5) is 10.0. The second-order valence-corrected chi connectivity index (χ2v) is 11.4. The van der Waals surface area contributed by atoms with Crippen LogP contribution in [0.1, 0.15) is 0 Å². The highest BCUT2D eigenvalue weighted by Crippen LogP contribution is 2.43. The van der Waals surface area contributed by atoms with E-state index in [1.54, 1.807) is 0 Å². The van der Waals surface area contributed by atoms with Crippen LogP contribution in [0.15, 0.2) is 162 Å². The first-order valence-electron chi connectivity index (χ1n) is 15.2. The third-order valence-electron chi connectivity index (χ3n) is 8.77. The molecule has 3 heterocycles. The van der Waals surface area contributed by atoms with Crippen LogP contribution in [0.5, 0.6) is 0 Å². The number of fused-ring (bicyclic) bond motifs is 6. The van der Waals surface area contributed by atoms with Gasteiger partial charge in [0.05, 0.1) is 11.0 Å². The first-order valence-corrected chi connectivity index (χ1v) is 15.2. The van der Waals surface area contributed by atoms with Crippen molar-refractivity contribution in [1.29, 1.82) is 0 Å². The average Bonchev–Trinajstić information content (AvgIpc) is 3.50. The number of rotatable bonds is 4. The summed E-state index contributed by atoms with van der Waals surface area (Å²) < 4.78 is 6.41. The van der Waals surface area contributed by atoms with Gasteiger partial charge in [0.15, 0.2) is 0 Å². The quantitative estimate of drug-likeness (QED) is 0.196. The van der Waals surface area contributed by atoms with Gasteiger partial charge in [0.25, 0.3) is 0 Å². The van der Waals surface area contributed by atoms with Gasteiger partial charge in [0.2, 0.25) is 0 Å². The van der Waals surface area contributed by atoms with E-state index < -0.39 is 0 Å². The second-order valence-electron chi connectivity index (χ2n) is 11.4. The Morgan fingerprint density at radius 1 is 0.378 bits per heavy atom. The molecule has 0 amide bonds. The van der Waals surface area contributed by atoms with E-state index in [2.05, 4.69) is 133 Å². The fourth-order valence-corrected chi connectivity index (χ4v) is 6.63. The smallest absolute Gasteiger partial charge is 0.136 e. The second kappa shape index (κ2) is 10.3. The molecule has 0 fully saturated rings. The highest BCUT2D eigenvalue weighted by molar-refractivity contribution is 6.19. The van der Waals surface area contributed by atoms with E-state index >= 15 is 0 Å². The Morgan fingerprint density at radius 2 is 1.02 bits per heavy atom. The molecule has 0 N–H and O–H groups in total. The van der Waals surface area contributed by atoms with Crippen LogP contribution in [0.4, 0.5) is 0 Å². The molecule has 3 nitrogen and oxygen atoms in total. The van der Waals surface area contributed by atoms with E-state index in [1.807, 2.05) is 24.5 Å². The fraction of sp³-hybridized carbons (Fsp3) is 0. The fourth-order valence-electron chi connectivity index (χ4n) is 6.63.